The van der Waals surface area contributed by atoms with Crippen molar-refractivity contribution < 1.29 is 13.2 Å². The number of nitrogens with zero attached hydrogens (tertiary/aromatic N) is 1. The van der Waals surface area contributed by atoms with Gasteiger partial charge >= 0.3 is 0 Å². The number of sulfone groups is 1. The summed E-state index contributed by atoms with van der Waals surface area (Å²) in [6.45, 7) is 0. The van der Waals surface area contributed by atoms with Gasteiger partial charge in [-0.05, 0) is 42.5 Å². The van der Waals surface area contributed by atoms with Crippen molar-refractivity contribution in [2.45, 2.75) is 9.79 Å². The minimum Gasteiger partial charge on any atom is -0.439 e. The van der Waals surface area contributed by atoms with Crippen LogP contribution in [0.4, 0.5) is 0 Å². The van der Waals surface area contributed by atoms with Crippen LogP contribution in [0, 0.1) is 0 Å². The zero-order chi connectivity index (χ0) is 16.3. The van der Waals surface area contributed by atoms with E-state index in [9.17, 15) is 8.42 Å². The summed E-state index contributed by atoms with van der Waals surface area (Å²) in [7, 11) is -3.56. The molecular weight excluding hydrogens is 378 g/mol. The van der Waals surface area contributed by atoms with Crippen molar-refractivity contribution in [1.29, 1.82) is 0 Å². The van der Waals surface area contributed by atoms with E-state index in [4.69, 9.17) is 4.74 Å². The van der Waals surface area contributed by atoms with Gasteiger partial charge in [-0.25, -0.2) is 13.4 Å². The van der Waals surface area contributed by atoms with Gasteiger partial charge in [-0.1, -0.05) is 34.1 Å². The number of hydrogen-bond donors (Lipinski definition) is 0. The Hall–Kier alpha value is -2.18. The Morgan fingerprint density at radius 2 is 1.52 bits per heavy atom. The Morgan fingerprint density at radius 3 is 2.13 bits per heavy atom. The standard InChI is InChI=1S/C17H12BrNO3S/c18-13-6-8-14(9-7-13)22-17-11-10-16(12-19-17)23(20,21)15-4-2-1-3-5-15/h1-12H. The third kappa shape index (κ3) is 3.60. The van der Waals surface area contributed by atoms with Crippen LogP contribution in [0.25, 0.3) is 0 Å². The average Bonchev–Trinajstić information content (AvgIpc) is 2.58. The Kier molecular flexibility index (Phi) is 4.45. The summed E-state index contributed by atoms with van der Waals surface area (Å²) in [6, 6.07) is 18.6. The normalized spacial score (nSPS) is 11.2. The molecule has 3 rings (SSSR count). The lowest BCUT2D eigenvalue weighted by Gasteiger charge is -2.07. The summed E-state index contributed by atoms with van der Waals surface area (Å²) in [4.78, 5) is 4.45. The second-order valence-corrected chi connectivity index (χ2v) is 7.57. The molecule has 23 heavy (non-hydrogen) atoms. The van der Waals surface area contributed by atoms with Gasteiger partial charge in [-0.3, -0.25) is 0 Å². The van der Waals surface area contributed by atoms with Crippen LogP contribution in [0.2, 0.25) is 0 Å². The lowest BCUT2D eigenvalue weighted by molar-refractivity contribution is 0.462. The van der Waals surface area contributed by atoms with E-state index >= 15 is 0 Å². The Labute approximate surface area is 142 Å². The molecule has 1 heterocycles. The van der Waals surface area contributed by atoms with Crippen LogP contribution in [-0.4, -0.2) is 13.4 Å². The van der Waals surface area contributed by atoms with Gasteiger partial charge in [0, 0.05) is 16.7 Å². The van der Waals surface area contributed by atoms with Crippen LogP contribution in [0.3, 0.4) is 0 Å². The molecule has 2 aromatic carbocycles. The first-order valence-corrected chi connectivity index (χ1v) is 9.03. The summed E-state index contributed by atoms with van der Waals surface area (Å²) in [5, 5.41) is 0. The molecule has 0 atom stereocenters. The Morgan fingerprint density at radius 1 is 0.826 bits per heavy atom. The van der Waals surface area contributed by atoms with Gasteiger partial charge in [-0.15, -0.1) is 0 Å². The maximum atomic E-state index is 12.5. The molecular formula is C17H12BrNO3S. The molecule has 0 aliphatic carbocycles. The monoisotopic (exact) mass is 389 g/mol. The minimum atomic E-state index is -3.56. The highest BCUT2D eigenvalue weighted by atomic mass is 79.9. The molecule has 0 aliphatic heterocycles. The second-order valence-electron chi connectivity index (χ2n) is 4.70. The third-order valence-corrected chi connectivity index (χ3v) is 5.39. The number of rotatable bonds is 4. The van der Waals surface area contributed by atoms with Gasteiger partial charge < -0.3 is 4.74 Å². The highest BCUT2D eigenvalue weighted by Gasteiger charge is 2.17. The molecule has 0 amide bonds. The van der Waals surface area contributed by atoms with Gasteiger partial charge in [0.1, 0.15) is 5.75 Å². The third-order valence-electron chi connectivity index (χ3n) is 3.11. The molecule has 0 saturated carbocycles. The van der Waals surface area contributed by atoms with E-state index in [1.54, 1.807) is 42.5 Å². The Balaban J connectivity index is 1.83. The van der Waals surface area contributed by atoms with E-state index in [0.29, 0.717) is 11.6 Å². The highest BCUT2D eigenvalue weighted by Crippen LogP contribution is 2.24. The second kappa shape index (κ2) is 6.52. The van der Waals surface area contributed by atoms with Crippen LogP contribution >= 0.6 is 15.9 Å². The topological polar surface area (TPSA) is 56.3 Å². The average molecular weight is 390 g/mol. The van der Waals surface area contributed by atoms with Crippen molar-refractivity contribution in [3.8, 4) is 11.6 Å². The quantitative estimate of drug-likeness (QED) is 0.660. The molecule has 6 heteroatoms. The van der Waals surface area contributed by atoms with E-state index in [2.05, 4.69) is 20.9 Å². The zero-order valence-corrected chi connectivity index (χ0v) is 14.3. The molecule has 0 unspecified atom stereocenters. The molecule has 1 aromatic heterocycles. The SMILES string of the molecule is O=S(=O)(c1ccccc1)c1ccc(Oc2ccc(Br)cc2)nc1. The van der Waals surface area contributed by atoms with Crippen molar-refractivity contribution in [3.63, 3.8) is 0 Å². The number of hydrogen-bond acceptors (Lipinski definition) is 4. The van der Waals surface area contributed by atoms with E-state index in [1.807, 2.05) is 12.1 Å². The molecule has 0 aliphatic rings. The van der Waals surface area contributed by atoms with Gasteiger partial charge in [0.15, 0.2) is 0 Å². The number of halogens is 1. The smallest absolute Gasteiger partial charge is 0.219 e. The lowest BCUT2D eigenvalue weighted by atomic mass is 10.3. The summed E-state index contributed by atoms with van der Waals surface area (Å²) >= 11 is 3.35. The van der Waals surface area contributed by atoms with Crippen LogP contribution in [0.15, 0.2) is 87.2 Å². The van der Waals surface area contributed by atoms with Crippen molar-refractivity contribution in [1.82, 2.24) is 4.98 Å². The molecule has 0 saturated heterocycles. The first-order chi connectivity index (χ1) is 11.1. The molecule has 4 nitrogen and oxygen atoms in total. The van der Waals surface area contributed by atoms with Gasteiger partial charge in [0.2, 0.25) is 15.7 Å². The zero-order valence-electron chi connectivity index (χ0n) is 11.9. The highest BCUT2D eigenvalue weighted by molar-refractivity contribution is 9.10. The van der Waals surface area contributed by atoms with E-state index in [1.165, 1.54) is 18.3 Å². The van der Waals surface area contributed by atoms with Gasteiger partial charge in [-0.2, -0.15) is 0 Å². The molecule has 0 spiro atoms. The van der Waals surface area contributed by atoms with Gasteiger partial charge in [0.25, 0.3) is 0 Å². The Bertz CT molecular complexity index is 893. The van der Waals surface area contributed by atoms with E-state index < -0.39 is 9.84 Å². The number of ether oxygens (including phenoxy) is 1. The first-order valence-electron chi connectivity index (χ1n) is 6.75. The summed E-state index contributed by atoms with van der Waals surface area (Å²) in [5.41, 5.74) is 0. The van der Waals surface area contributed by atoms with Crippen LogP contribution in [0.5, 0.6) is 11.6 Å². The summed E-state index contributed by atoms with van der Waals surface area (Å²) < 4.78 is 31.4. The van der Waals surface area contributed by atoms with Crippen LogP contribution in [0.1, 0.15) is 0 Å². The van der Waals surface area contributed by atoms with Gasteiger partial charge in [0.05, 0.1) is 9.79 Å². The van der Waals surface area contributed by atoms with Crippen LogP contribution in [-0.2, 0) is 9.84 Å². The molecule has 0 fully saturated rings. The van der Waals surface area contributed by atoms with Crippen LogP contribution < -0.4 is 4.74 Å². The predicted molar refractivity (Wildman–Crippen MR) is 90.3 cm³/mol. The molecule has 3 aromatic rings. The van der Waals surface area contributed by atoms with Crippen molar-refractivity contribution in [2.24, 2.45) is 0 Å². The first kappa shape index (κ1) is 15.7. The number of aromatic nitrogens is 1. The van der Waals surface area contributed by atoms with E-state index in [-0.39, 0.29) is 9.79 Å². The molecule has 0 N–H and O–H groups in total. The minimum absolute atomic E-state index is 0.131. The fraction of sp³-hybridized carbons (Fsp3) is 0. The fourth-order valence-electron chi connectivity index (χ4n) is 1.95. The molecule has 0 bridgehead atoms. The molecule has 116 valence electrons. The largest absolute Gasteiger partial charge is 0.439 e. The van der Waals surface area contributed by atoms with Crippen molar-refractivity contribution >= 4 is 25.8 Å². The molecule has 0 radical (unpaired) electrons. The maximum Gasteiger partial charge on any atom is 0.219 e. The van der Waals surface area contributed by atoms with Crippen molar-refractivity contribution in [3.05, 3.63) is 77.4 Å². The number of pyridine rings is 1. The fourth-order valence-corrected chi connectivity index (χ4v) is 3.44. The summed E-state index contributed by atoms with van der Waals surface area (Å²) in [5.74, 6) is 0.957. The van der Waals surface area contributed by atoms with Crippen molar-refractivity contribution in [2.75, 3.05) is 0 Å². The maximum absolute atomic E-state index is 12.5. The predicted octanol–water partition coefficient (Wildman–Crippen LogP) is 4.47. The van der Waals surface area contributed by atoms with E-state index in [0.717, 1.165) is 4.47 Å². The lowest BCUT2D eigenvalue weighted by Crippen LogP contribution is -2.02. The summed E-state index contributed by atoms with van der Waals surface area (Å²) in [6.07, 6.45) is 1.30. The number of benzene rings is 2.